The first-order valence-corrected chi connectivity index (χ1v) is 9.06. The van der Waals surface area contributed by atoms with Crippen molar-refractivity contribution in [2.75, 3.05) is 10.6 Å². The summed E-state index contributed by atoms with van der Waals surface area (Å²) >= 11 is 2.46. The number of nitrogens with one attached hydrogen (secondary N) is 2. The Morgan fingerprint density at radius 1 is 1.08 bits per heavy atom. The van der Waals surface area contributed by atoms with Crippen molar-refractivity contribution in [1.82, 2.24) is 9.97 Å². The number of para-hydroxylation sites is 1. The van der Waals surface area contributed by atoms with Crippen molar-refractivity contribution < 1.29 is 14.3 Å². The fraction of sp³-hybridized carbons (Fsp3) is 0.250. The lowest BCUT2D eigenvalue weighted by atomic mass is 10.2. The molecule has 25 heavy (non-hydrogen) atoms. The summed E-state index contributed by atoms with van der Waals surface area (Å²) in [6, 6.07) is 7.64. The molecule has 0 aliphatic heterocycles. The summed E-state index contributed by atoms with van der Waals surface area (Å²) in [7, 11) is 0. The lowest BCUT2D eigenvalue weighted by Gasteiger charge is -2.18. The Kier molecular flexibility index (Phi) is 4.69. The van der Waals surface area contributed by atoms with E-state index < -0.39 is 11.7 Å². The van der Waals surface area contributed by atoms with E-state index in [1.54, 1.807) is 20.8 Å². The average molecular weight is 376 g/mol. The second-order valence-corrected chi connectivity index (χ2v) is 8.16. The lowest BCUT2D eigenvalue weighted by molar-refractivity contribution is 0.0635. The predicted octanol–water partition coefficient (Wildman–Crippen LogP) is 4.35. The number of benzene rings is 1. The standard InChI is InChI=1S/C16H16N4O3S2/c1-16(2,3)23-15(22)20-13-17-8-11(25-13)12(21)19-14-18-9-6-4-5-7-10(9)24-14/h4-8H,1-3H3,(H,17,20,22)(H,18,19,21). The van der Waals surface area contributed by atoms with Crippen molar-refractivity contribution in [1.29, 1.82) is 0 Å². The van der Waals surface area contributed by atoms with Gasteiger partial charge in [0.25, 0.3) is 5.91 Å². The van der Waals surface area contributed by atoms with E-state index in [2.05, 4.69) is 20.6 Å². The lowest BCUT2D eigenvalue weighted by Crippen LogP contribution is -2.27. The molecule has 1 aromatic carbocycles. The molecule has 0 unspecified atom stereocenters. The Labute approximate surface area is 152 Å². The molecule has 0 saturated carbocycles. The Morgan fingerprint density at radius 3 is 2.56 bits per heavy atom. The molecule has 2 aromatic heterocycles. The summed E-state index contributed by atoms with van der Waals surface area (Å²) in [6.45, 7) is 5.31. The van der Waals surface area contributed by atoms with E-state index in [4.69, 9.17) is 4.74 Å². The third kappa shape index (κ3) is 4.52. The van der Waals surface area contributed by atoms with Crippen molar-refractivity contribution in [3.05, 3.63) is 35.3 Å². The number of hydrogen-bond donors (Lipinski definition) is 2. The molecule has 0 bridgehead atoms. The van der Waals surface area contributed by atoms with Gasteiger partial charge in [-0.3, -0.25) is 15.4 Å². The number of carbonyl (C=O) groups excluding carboxylic acids is 2. The number of amides is 2. The van der Waals surface area contributed by atoms with Crippen LogP contribution in [0, 0.1) is 0 Å². The SMILES string of the molecule is CC(C)(C)OC(=O)Nc1ncc(C(=O)Nc2nc3ccccc3s2)s1. The Balaban J connectivity index is 1.65. The van der Waals surface area contributed by atoms with Gasteiger partial charge in [-0.15, -0.1) is 0 Å². The van der Waals surface area contributed by atoms with Crippen LogP contribution in [0.2, 0.25) is 0 Å². The Bertz CT molecular complexity index is 894. The number of fused-ring (bicyclic) bond motifs is 1. The number of hydrogen-bond acceptors (Lipinski definition) is 7. The highest BCUT2D eigenvalue weighted by atomic mass is 32.1. The predicted molar refractivity (Wildman–Crippen MR) is 99.5 cm³/mol. The molecule has 0 saturated heterocycles. The third-order valence-electron chi connectivity index (χ3n) is 2.85. The smallest absolute Gasteiger partial charge is 0.413 e. The average Bonchev–Trinajstić information content (AvgIpc) is 3.11. The zero-order valence-electron chi connectivity index (χ0n) is 13.8. The second kappa shape index (κ2) is 6.77. The van der Waals surface area contributed by atoms with Gasteiger partial charge in [0.15, 0.2) is 10.3 Å². The molecule has 0 atom stereocenters. The topological polar surface area (TPSA) is 93.2 Å². The van der Waals surface area contributed by atoms with Crippen molar-refractivity contribution >= 4 is 55.2 Å². The summed E-state index contributed by atoms with van der Waals surface area (Å²) in [5.41, 5.74) is 0.230. The Hall–Kier alpha value is -2.52. The molecule has 2 N–H and O–H groups in total. The highest BCUT2D eigenvalue weighted by molar-refractivity contribution is 7.22. The van der Waals surface area contributed by atoms with Crippen LogP contribution in [0.1, 0.15) is 30.4 Å². The van der Waals surface area contributed by atoms with Gasteiger partial charge in [0, 0.05) is 0 Å². The van der Waals surface area contributed by atoms with Gasteiger partial charge < -0.3 is 4.74 Å². The summed E-state index contributed by atoms with van der Waals surface area (Å²) in [4.78, 5) is 32.8. The van der Waals surface area contributed by atoms with Gasteiger partial charge >= 0.3 is 6.09 Å². The maximum absolute atomic E-state index is 12.3. The molecule has 2 heterocycles. The van der Waals surface area contributed by atoms with Crippen LogP contribution in [-0.4, -0.2) is 27.6 Å². The van der Waals surface area contributed by atoms with E-state index >= 15 is 0 Å². The van der Waals surface area contributed by atoms with Gasteiger partial charge in [0.2, 0.25) is 0 Å². The number of thiazole rings is 2. The molecule has 2 amide bonds. The van der Waals surface area contributed by atoms with Crippen molar-refractivity contribution in [2.45, 2.75) is 26.4 Å². The van der Waals surface area contributed by atoms with Crippen LogP contribution < -0.4 is 10.6 Å². The highest BCUT2D eigenvalue weighted by Crippen LogP contribution is 2.27. The van der Waals surface area contributed by atoms with Gasteiger partial charge in [0.05, 0.1) is 16.4 Å². The first-order chi connectivity index (χ1) is 11.8. The van der Waals surface area contributed by atoms with E-state index in [9.17, 15) is 9.59 Å². The molecule has 130 valence electrons. The summed E-state index contributed by atoms with van der Waals surface area (Å²) in [5, 5.41) is 6.07. The Morgan fingerprint density at radius 2 is 1.84 bits per heavy atom. The van der Waals surface area contributed by atoms with Crippen LogP contribution in [0.3, 0.4) is 0 Å². The van der Waals surface area contributed by atoms with E-state index in [0.717, 1.165) is 21.6 Å². The molecule has 0 radical (unpaired) electrons. The number of ether oxygens (including phenoxy) is 1. The van der Waals surface area contributed by atoms with Gasteiger partial charge in [0.1, 0.15) is 10.5 Å². The number of nitrogens with zero attached hydrogens (tertiary/aromatic N) is 2. The molecule has 0 aliphatic carbocycles. The van der Waals surface area contributed by atoms with Crippen molar-refractivity contribution in [2.24, 2.45) is 0 Å². The number of anilines is 2. The molecule has 9 heteroatoms. The molecule has 0 spiro atoms. The van der Waals surface area contributed by atoms with Gasteiger partial charge in [-0.25, -0.2) is 14.8 Å². The molecule has 7 nitrogen and oxygen atoms in total. The van der Waals surface area contributed by atoms with Crippen LogP contribution >= 0.6 is 22.7 Å². The van der Waals surface area contributed by atoms with Gasteiger partial charge in [-0.05, 0) is 32.9 Å². The number of carbonyl (C=O) groups is 2. The minimum Gasteiger partial charge on any atom is -0.444 e. The molecule has 3 rings (SSSR count). The summed E-state index contributed by atoms with van der Waals surface area (Å²) in [5.74, 6) is -0.325. The summed E-state index contributed by atoms with van der Waals surface area (Å²) < 4.78 is 6.14. The first kappa shape index (κ1) is 17.3. The van der Waals surface area contributed by atoms with Crippen LogP contribution in [0.15, 0.2) is 30.5 Å². The van der Waals surface area contributed by atoms with Gasteiger partial charge in [-0.2, -0.15) is 0 Å². The molecule has 3 aromatic rings. The largest absolute Gasteiger partial charge is 0.444 e. The zero-order chi connectivity index (χ0) is 18.0. The monoisotopic (exact) mass is 376 g/mol. The van der Waals surface area contributed by atoms with E-state index in [0.29, 0.717) is 15.1 Å². The molecule has 0 aliphatic rings. The van der Waals surface area contributed by atoms with Crippen LogP contribution in [0.25, 0.3) is 10.2 Å². The van der Waals surface area contributed by atoms with E-state index in [1.807, 2.05) is 24.3 Å². The minimum absolute atomic E-state index is 0.295. The maximum Gasteiger partial charge on any atom is 0.413 e. The fourth-order valence-electron chi connectivity index (χ4n) is 1.91. The van der Waals surface area contributed by atoms with Gasteiger partial charge in [-0.1, -0.05) is 34.8 Å². The fourth-order valence-corrected chi connectivity index (χ4v) is 3.47. The molecular weight excluding hydrogens is 360 g/mol. The number of rotatable bonds is 3. The van der Waals surface area contributed by atoms with Crippen LogP contribution in [0.4, 0.5) is 15.1 Å². The van der Waals surface area contributed by atoms with Crippen molar-refractivity contribution in [3.63, 3.8) is 0 Å². The van der Waals surface area contributed by atoms with Crippen LogP contribution in [-0.2, 0) is 4.74 Å². The quantitative estimate of drug-likeness (QED) is 0.709. The van der Waals surface area contributed by atoms with E-state index in [-0.39, 0.29) is 5.91 Å². The molecule has 0 fully saturated rings. The first-order valence-electron chi connectivity index (χ1n) is 7.43. The normalized spacial score (nSPS) is 11.3. The molecular formula is C16H16N4O3S2. The maximum atomic E-state index is 12.3. The van der Waals surface area contributed by atoms with Crippen molar-refractivity contribution in [3.8, 4) is 0 Å². The third-order valence-corrected chi connectivity index (χ3v) is 4.72. The number of aromatic nitrogens is 2. The summed E-state index contributed by atoms with van der Waals surface area (Å²) in [6.07, 6.45) is 0.792. The van der Waals surface area contributed by atoms with Crippen LogP contribution in [0.5, 0.6) is 0 Å². The second-order valence-electron chi connectivity index (χ2n) is 6.10. The minimum atomic E-state index is -0.611. The zero-order valence-corrected chi connectivity index (χ0v) is 15.5. The van der Waals surface area contributed by atoms with E-state index in [1.165, 1.54) is 17.5 Å². The highest BCUT2D eigenvalue weighted by Gasteiger charge is 2.18.